The average Bonchev–Trinajstić information content (AvgIpc) is 2.61. The molecule has 0 radical (unpaired) electrons. The van der Waals surface area contributed by atoms with Gasteiger partial charge in [0.1, 0.15) is 6.67 Å². The predicted octanol–water partition coefficient (Wildman–Crippen LogP) is 2.02. The Balaban J connectivity index is 1.87. The molecule has 2 N–H and O–H groups in total. The summed E-state index contributed by atoms with van der Waals surface area (Å²) in [6.07, 6.45) is 0.285. The second-order valence-electron chi connectivity index (χ2n) is 5.76. The number of nitrogens with one attached hydrogen (secondary N) is 2. The number of halogens is 1. The Morgan fingerprint density at radius 2 is 1.92 bits per heavy atom. The fourth-order valence-electron chi connectivity index (χ4n) is 2.65. The highest BCUT2D eigenvalue weighted by Gasteiger charge is 2.26. The molecule has 1 amide bonds. The lowest BCUT2D eigenvalue weighted by Gasteiger charge is -2.23. The number of amides is 1. The van der Waals surface area contributed by atoms with E-state index in [-0.39, 0.29) is 28.3 Å². The molecule has 1 aliphatic rings. The van der Waals surface area contributed by atoms with Crippen molar-refractivity contribution >= 4 is 27.3 Å². The molecule has 0 fully saturated rings. The van der Waals surface area contributed by atoms with Crippen molar-refractivity contribution in [3.8, 4) is 0 Å². The summed E-state index contributed by atoms with van der Waals surface area (Å²) in [6.45, 7) is -0.701. The van der Waals surface area contributed by atoms with Crippen LogP contribution in [0.4, 0.5) is 15.8 Å². The van der Waals surface area contributed by atoms with Gasteiger partial charge in [0.25, 0.3) is 21.6 Å². The maximum atomic E-state index is 12.8. The van der Waals surface area contributed by atoms with E-state index in [0.29, 0.717) is 5.56 Å². The van der Waals surface area contributed by atoms with Crippen LogP contribution in [0.15, 0.2) is 47.4 Å². The molecule has 0 saturated heterocycles. The largest absolute Gasteiger partial charge is 0.346 e. The lowest BCUT2D eigenvalue weighted by Crippen LogP contribution is -2.42. The smallest absolute Gasteiger partial charge is 0.269 e. The van der Waals surface area contributed by atoms with E-state index in [4.69, 9.17) is 0 Å². The van der Waals surface area contributed by atoms with Gasteiger partial charge in [0, 0.05) is 23.4 Å². The number of nitrogens with zero attached hydrogens (tertiary/aromatic N) is 1. The maximum absolute atomic E-state index is 12.8. The van der Waals surface area contributed by atoms with E-state index >= 15 is 0 Å². The number of nitro benzene ring substituents is 1. The van der Waals surface area contributed by atoms with Crippen molar-refractivity contribution in [3.05, 3.63) is 63.7 Å². The molecule has 2 aromatic carbocycles. The number of non-ortho nitro benzene ring substituents is 1. The van der Waals surface area contributed by atoms with Crippen LogP contribution < -0.4 is 10.0 Å². The number of hydrogen-bond donors (Lipinski definition) is 2. The number of hydrogen-bond acceptors (Lipinski definition) is 5. The van der Waals surface area contributed by atoms with Gasteiger partial charge < -0.3 is 5.32 Å². The van der Waals surface area contributed by atoms with Crippen LogP contribution in [0, 0.1) is 10.1 Å². The van der Waals surface area contributed by atoms with Gasteiger partial charge in [0.2, 0.25) is 0 Å². The number of rotatable bonds is 5. The number of benzene rings is 2. The predicted molar refractivity (Wildman–Crippen MR) is 91.3 cm³/mol. The first-order valence-corrected chi connectivity index (χ1v) is 9.05. The molecule has 1 unspecified atom stereocenters. The fourth-order valence-corrected chi connectivity index (χ4v) is 3.73. The van der Waals surface area contributed by atoms with Crippen LogP contribution in [0.25, 0.3) is 0 Å². The molecule has 1 heterocycles. The Hall–Kier alpha value is -3.01. The molecule has 1 aliphatic heterocycles. The van der Waals surface area contributed by atoms with Crippen molar-refractivity contribution in [2.75, 3.05) is 11.4 Å². The summed E-state index contributed by atoms with van der Waals surface area (Å²) in [7, 11) is -4.00. The minimum Gasteiger partial charge on any atom is -0.346 e. The number of anilines is 1. The van der Waals surface area contributed by atoms with Gasteiger partial charge in [-0.3, -0.25) is 19.6 Å². The molecular weight excluding hydrogens is 365 g/mol. The van der Waals surface area contributed by atoms with Crippen LogP contribution >= 0.6 is 0 Å². The summed E-state index contributed by atoms with van der Waals surface area (Å²) in [5, 5.41) is 13.1. The van der Waals surface area contributed by atoms with E-state index < -0.39 is 33.6 Å². The van der Waals surface area contributed by atoms with Gasteiger partial charge in [-0.15, -0.1) is 0 Å². The molecule has 0 bridgehead atoms. The molecular formula is C16H14FN3O5S. The first-order chi connectivity index (χ1) is 12.3. The lowest BCUT2D eigenvalue weighted by molar-refractivity contribution is -0.384. The second kappa shape index (κ2) is 6.71. The Labute approximate surface area is 148 Å². The zero-order valence-electron chi connectivity index (χ0n) is 13.3. The summed E-state index contributed by atoms with van der Waals surface area (Å²) in [4.78, 5) is 21.9. The zero-order chi connectivity index (χ0) is 18.9. The molecule has 10 heteroatoms. The Morgan fingerprint density at radius 1 is 1.23 bits per heavy atom. The van der Waals surface area contributed by atoms with Gasteiger partial charge in [-0.2, -0.15) is 0 Å². The van der Waals surface area contributed by atoms with Crippen LogP contribution in [0.2, 0.25) is 0 Å². The summed E-state index contributed by atoms with van der Waals surface area (Å²) in [5.41, 5.74) is 0.739. The summed E-state index contributed by atoms with van der Waals surface area (Å²) >= 11 is 0. The maximum Gasteiger partial charge on any atom is 0.269 e. The Kier molecular flexibility index (Phi) is 4.60. The van der Waals surface area contributed by atoms with E-state index in [1.165, 1.54) is 42.5 Å². The normalized spacial score (nSPS) is 16.5. The number of carbonyl (C=O) groups excluding carboxylic acids is 1. The van der Waals surface area contributed by atoms with E-state index in [2.05, 4.69) is 10.0 Å². The Bertz CT molecular complexity index is 976. The molecule has 3 rings (SSSR count). The van der Waals surface area contributed by atoms with E-state index in [1.54, 1.807) is 0 Å². The molecule has 1 atom stereocenters. The highest BCUT2D eigenvalue weighted by atomic mass is 32.2. The molecule has 0 saturated carbocycles. The molecule has 26 heavy (non-hydrogen) atoms. The van der Waals surface area contributed by atoms with Crippen LogP contribution in [-0.2, 0) is 16.4 Å². The van der Waals surface area contributed by atoms with Gasteiger partial charge in [-0.05, 0) is 36.2 Å². The minimum absolute atomic E-state index is 0.136. The molecule has 2 aromatic rings. The average molecular weight is 379 g/mol. The van der Waals surface area contributed by atoms with Crippen LogP contribution in [0.3, 0.4) is 0 Å². The third-order valence-electron chi connectivity index (χ3n) is 3.95. The first kappa shape index (κ1) is 17.8. The highest BCUT2D eigenvalue weighted by Crippen LogP contribution is 2.24. The monoisotopic (exact) mass is 379 g/mol. The van der Waals surface area contributed by atoms with E-state index in [0.717, 1.165) is 0 Å². The topological polar surface area (TPSA) is 118 Å². The first-order valence-electron chi connectivity index (χ1n) is 7.57. The van der Waals surface area contributed by atoms with Gasteiger partial charge in [0.05, 0.1) is 15.9 Å². The number of carbonyl (C=O) groups is 1. The molecule has 8 nitrogen and oxygen atoms in total. The van der Waals surface area contributed by atoms with Crippen LogP contribution in [0.1, 0.15) is 15.9 Å². The van der Waals surface area contributed by atoms with Crippen molar-refractivity contribution < 1.29 is 22.5 Å². The van der Waals surface area contributed by atoms with Gasteiger partial charge >= 0.3 is 0 Å². The van der Waals surface area contributed by atoms with E-state index in [1.807, 2.05) is 0 Å². The van der Waals surface area contributed by atoms with Gasteiger partial charge in [0.15, 0.2) is 0 Å². The fraction of sp³-hybridized carbons (Fsp3) is 0.188. The quantitative estimate of drug-likeness (QED) is 0.609. The standard InChI is InChI=1S/C16H14FN3O5S/c17-9-12-7-10-1-6-14(8-15(10)16(21)18-12)26(24,25)19-11-2-4-13(5-3-11)20(22)23/h1-6,8,12,19H,7,9H2,(H,18,21). The third-order valence-corrected chi connectivity index (χ3v) is 5.33. The van der Waals surface area contributed by atoms with Crippen molar-refractivity contribution in [2.45, 2.75) is 17.4 Å². The number of fused-ring (bicyclic) bond motifs is 1. The van der Waals surface area contributed by atoms with Crippen molar-refractivity contribution in [1.29, 1.82) is 0 Å². The molecule has 0 aromatic heterocycles. The number of alkyl halides is 1. The molecule has 0 spiro atoms. The van der Waals surface area contributed by atoms with Gasteiger partial charge in [-0.25, -0.2) is 12.8 Å². The summed E-state index contributed by atoms with van der Waals surface area (Å²) < 4.78 is 40.1. The number of sulfonamides is 1. The molecule has 136 valence electrons. The summed E-state index contributed by atoms with van der Waals surface area (Å²) in [6, 6.07) is 8.33. The highest BCUT2D eigenvalue weighted by molar-refractivity contribution is 7.92. The number of nitro groups is 1. The van der Waals surface area contributed by atoms with Crippen molar-refractivity contribution in [1.82, 2.24) is 5.32 Å². The second-order valence-corrected chi connectivity index (χ2v) is 7.44. The third kappa shape index (κ3) is 3.49. The molecule has 0 aliphatic carbocycles. The van der Waals surface area contributed by atoms with Crippen molar-refractivity contribution in [2.24, 2.45) is 0 Å². The zero-order valence-corrected chi connectivity index (χ0v) is 14.1. The Morgan fingerprint density at radius 3 is 2.54 bits per heavy atom. The summed E-state index contributed by atoms with van der Waals surface area (Å²) in [5.74, 6) is -0.527. The van der Waals surface area contributed by atoms with E-state index in [9.17, 15) is 27.7 Å². The van der Waals surface area contributed by atoms with Crippen LogP contribution in [0.5, 0.6) is 0 Å². The SMILES string of the molecule is O=C1NC(CF)Cc2ccc(S(=O)(=O)Nc3ccc([N+](=O)[O-])cc3)cc21. The van der Waals surface area contributed by atoms with Crippen molar-refractivity contribution in [3.63, 3.8) is 0 Å². The van der Waals surface area contributed by atoms with Crippen LogP contribution in [-0.4, -0.2) is 32.0 Å². The lowest BCUT2D eigenvalue weighted by atomic mass is 9.96. The minimum atomic E-state index is -4.00. The van der Waals surface area contributed by atoms with Gasteiger partial charge in [-0.1, -0.05) is 6.07 Å².